The van der Waals surface area contributed by atoms with Gasteiger partial charge in [0.25, 0.3) is 5.91 Å². The number of nitrogens with one attached hydrogen (secondary N) is 2. The minimum atomic E-state index is -0.547. The molecule has 1 saturated carbocycles. The standard InChI is InChI=1S/C29H42N6O3/c1-29(2,3)38-28(37)31-20-8-6-13-34(17-20)27(36)19-10-11-23-22(15-19)32-26(33(23)4)24-16-18-7-5-9-21-25(18)35(24)14-12-30-21/h10-11,15,18,20-21,24-25,30H,5-9,12-14,16-17H2,1-4H3,(H,31,37)/t18?,20-,21?,24?,25?/m1/s1. The van der Waals surface area contributed by atoms with Gasteiger partial charge in [-0.25, -0.2) is 9.78 Å². The van der Waals surface area contributed by atoms with Crippen LogP contribution < -0.4 is 10.6 Å². The molecule has 4 aliphatic rings. The fourth-order valence-corrected chi connectivity index (χ4v) is 7.41. The lowest BCUT2D eigenvalue weighted by Crippen LogP contribution is -2.58. The summed E-state index contributed by atoms with van der Waals surface area (Å²) in [5.74, 6) is 1.86. The molecule has 2 N–H and O–H groups in total. The van der Waals surface area contributed by atoms with Crippen molar-refractivity contribution in [3.8, 4) is 0 Å². The third kappa shape index (κ3) is 4.79. The molecule has 1 aromatic heterocycles. The fourth-order valence-electron chi connectivity index (χ4n) is 7.41. The van der Waals surface area contributed by atoms with E-state index in [9.17, 15) is 9.59 Å². The monoisotopic (exact) mass is 522 g/mol. The van der Waals surface area contributed by atoms with Crippen molar-refractivity contribution in [1.82, 2.24) is 30.0 Å². The molecule has 4 unspecified atom stereocenters. The first kappa shape index (κ1) is 25.6. The summed E-state index contributed by atoms with van der Waals surface area (Å²) in [4.78, 5) is 35.4. The molecule has 0 radical (unpaired) electrons. The zero-order chi connectivity index (χ0) is 26.6. The third-order valence-electron chi connectivity index (χ3n) is 8.96. The minimum Gasteiger partial charge on any atom is -0.444 e. The van der Waals surface area contributed by atoms with Crippen molar-refractivity contribution >= 4 is 23.0 Å². The number of alkyl carbamates (subject to hydrolysis) is 1. The van der Waals surface area contributed by atoms with Crippen LogP contribution in [0.2, 0.25) is 0 Å². The molecule has 38 heavy (non-hydrogen) atoms. The van der Waals surface area contributed by atoms with Crippen molar-refractivity contribution in [3.63, 3.8) is 0 Å². The summed E-state index contributed by atoms with van der Waals surface area (Å²) in [6.45, 7) is 8.84. The van der Waals surface area contributed by atoms with Gasteiger partial charge in [-0.1, -0.05) is 6.42 Å². The lowest BCUT2D eigenvalue weighted by atomic mass is 9.80. The zero-order valence-electron chi connectivity index (χ0n) is 23.2. The number of aryl methyl sites for hydroxylation is 1. The van der Waals surface area contributed by atoms with Gasteiger partial charge in [-0.15, -0.1) is 0 Å². The second-order valence-corrected chi connectivity index (χ2v) is 12.7. The number of hydrogen-bond acceptors (Lipinski definition) is 6. The summed E-state index contributed by atoms with van der Waals surface area (Å²) in [5.41, 5.74) is 2.06. The zero-order valence-corrected chi connectivity index (χ0v) is 23.2. The molecule has 0 spiro atoms. The molecular weight excluding hydrogens is 480 g/mol. The third-order valence-corrected chi connectivity index (χ3v) is 8.96. The van der Waals surface area contributed by atoms with Crippen molar-refractivity contribution in [2.24, 2.45) is 13.0 Å². The van der Waals surface area contributed by atoms with Crippen LogP contribution in [0.15, 0.2) is 18.2 Å². The van der Waals surface area contributed by atoms with Crippen LogP contribution >= 0.6 is 0 Å². The van der Waals surface area contributed by atoms with Gasteiger partial charge in [0.1, 0.15) is 11.4 Å². The van der Waals surface area contributed by atoms with Crippen LogP contribution in [0.5, 0.6) is 0 Å². The van der Waals surface area contributed by atoms with Gasteiger partial charge in [0.2, 0.25) is 0 Å². The topological polar surface area (TPSA) is 91.7 Å². The molecule has 1 aliphatic carbocycles. The van der Waals surface area contributed by atoms with E-state index < -0.39 is 11.7 Å². The van der Waals surface area contributed by atoms with Crippen LogP contribution in [0.1, 0.15) is 81.5 Å². The number of benzene rings is 1. The predicted octanol–water partition coefficient (Wildman–Crippen LogP) is 3.59. The van der Waals surface area contributed by atoms with Crippen LogP contribution in [-0.2, 0) is 11.8 Å². The average Bonchev–Trinajstić information content (AvgIpc) is 3.41. The van der Waals surface area contributed by atoms with Crippen LogP contribution in [0, 0.1) is 5.92 Å². The number of aromatic nitrogens is 2. The van der Waals surface area contributed by atoms with Gasteiger partial charge in [-0.05, 0) is 77.0 Å². The number of likely N-dealkylation sites (tertiary alicyclic amines) is 1. The van der Waals surface area contributed by atoms with Crippen molar-refractivity contribution in [3.05, 3.63) is 29.6 Å². The first-order valence-corrected chi connectivity index (χ1v) is 14.4. The molecule has 1 aromatic carbocycles. The van der Waals surface area contributed by atoms with Crippen molar-refractivity contribution in [2.45, 2.75) is 89.1 Å². The Kier molecular flexibility index (Phi) is 6.63. The average molecular weight is 523 g/mol. The van der Waals surface area contributed by atoms with Crippen molar-refractivity contribution < 1.29 is 14.3 Å². The maximum Gasteiger partial charge on any atom is 0.407 e. The highest BCUT2D eigenvalue weighted by Crippen LogP contribution is 2.47. The highest BCUT2D eigenvalue weighted by Gasteiger charge is 2.49. The fraction of sp³-hybridized carbons (Fsp3) is 0.690. The Morgan fingerprint density at radius 1 is 1.13 bits per heavy atom. The molecule has 3 aliphatic heterocycles. The van der Waals surface area contributed by atoms with E-state index in [0.717, 1.165) is 48.7 Å². The number of hydrogen-bond donors (Lipinski definition) is 2. The number of ether oxygens (including phenoxy) is 1. The van der Waals surface area contributed by atoms with Gasteiger partial charge in [0, 0.05) is 56.9 Å². The Hall–Kier alpha value is -2.65. The number of piperazine rings is 1. The summed E-state index contributed by atoms with van der Waals surface area (Å²) in [6, 6.07) is 7.39. The number of piperidine rings is 1. The molecule has 2 aromatic rings. The van der Waals surface area contributed by atoms with Gasteiger partial charge >= 0.3 is 6.09 Å². The molecule has 9 nitrogen and oxygen atoms in total. The van der Waals surface area contributed by atoms with E-state index in [1.165, 1.54) is 25.7 Å². The molecule has 6 rings (SSSR count). The molecule has 206 valence electrons. The van der Waals surface area contributed by atoms with E-state index in [2.05, 4.69) is 27.1 Å². The molecule has 4 heterocycles. The summed E-state index contributed by atoms with van der Waals surface area (Å²) in [7, 11) is 2.12. The molecule has 0 bridgehead atoms. The number of nitrogens with zero attached hydrogens (tertiary/aromatic N) is 4. The second-order valence-electron chi connectivity index (χ2n) is 12.7. The Morgan fingerprint density at radius 3 is 2.79 bits per heavy atom. The minimum absolute atomic E-state index is 0.00776. The van der Waals surface area contributed by atoms with E-state index >= 15 is 0 Å². The number of fused-ring (bicyclic) bond motifs is 1. The molecule has 3 saturated heterocycles. The quantitative estimate of drug-likeness (QED) is 0.640. The number of imidazole rings is 1. The molecule has 9 heteroatoms. The van der Waals surface area contributed by atoms with Crippen LogP contribution in [0.4, 0.5) is 4.79 Å². The second kappa shape index (κ2) is 9.83. The normalized spacial score (nSPS) is 29.8. The Labute approximate surface area is 225 Å². The molecular formula is C29H42N6O3. The predicted molar refractivity (Wildman–Crippen MR) is 146 cm³/mol. The van der Waals surface area contributed by atoms with E-state index in [4.69, 9.17) is 9.72 Å². The molecule has 2 amide bonds. The SMILES string of the molecule is Cn1c(C2CC3CCCC4NCCN2C34)nc2cc(C(=O)N3CCC[C@@H](NC(=O)OC(C)(C)C)C3)ccc21. The Morgan fingerprint density at radius 2 is 1.97 bits per heavy atom. The first-order chi connectivity index (χ1) is 18.2. The van der Waals surface area contributed by atoms with Gasteiger partial charge < -0.3 is 24.8 Å². The van der Waals surface area contributed by atoms with Gasteiger partial charge in [0.15, 0.2) is 0 Å². The maximum absolute atomic E-state index is 13.5. The van der Waals surface area contributed by atoms with E-state index in [0.29, 0.717) is 36.8 Å². The Balaban J connectivity index is 1.19. The van der Waals surface area contributed by atoms with Gasteiger partial charge in [-0.2, -0.15) is 0 Å². The molecule has 5 atom stereocenters. The summed E-state index contributed by atoms with van der Waals surface area (Å²) in [5, 5.41) is 6.71. The smallest absolute Gasteiger partial charge is 0.407 e. The lowest BCUT2D eigenvalue weighted by molar-refractivity contribution is 0.0452. The van der Waals surface area contributed by atoms with Crippen LogP contribution in [0.25, 0.3) is 11.0 Å². The number of carbonyl (C=O) groups is 2. The molecule has 4 fully saturated rings. The van der Waals surface area contributed by atoms with Crippen molar-refractivity contribution in [1.29, 1.82) is 0 Å². The van der Waals surface area contributed by atoms with Crippen molar-refractivity contribution in [2.75, 3.05) is 26.2 Å². The number of carbonyl (C=O) groups excluding carboxylic acids is 2. The lowest BCUT2D eigenvalue weighted by Gasteiger charge is -2.44. The summed E-state index contributed by atoms with van der Waals surface area (Å²) < 4.78 is 7.65. The van der Waals surface area contributed by atoms with Crippen LogP contribution in [-0.4, -0.2) is 81.3 Å². The summed E-state index contributed by atoms with van der Waals surface area (Å²) >= 11 is 0. The van der Waals surface area contributed by atoms with Gasteiger partial charge in [-0.3, -0.25) is 9.69 Å². The highest BCUT2D eigenvalue weighted by molar-refractivity contribution is 5.97. The Bertz CT molecular complexity index is 1220. The maximum atomic E-state index is 13.5. The number of rotatable bonds is 3. The van der Waals surface area contributed by atoms with Crippen LogP contribution in [0.3, 0.4) is 0 Å². The highest BCUT2D eigenvalue weighted by atomic mass is 16.6. The first-order valence-electron chi connectivity index (χ1n) is 14.4. The van der Waals surface area contributed by atoms with E-state index in [1.54, 1.807) is 0 Å². The largest absolute Gasteiger partial charge is 0.444 e. The summed E-state index contributed by atoms with van der Waals surface area (Å²) in [6.07, 6.45) is 6.34. The van der Waals surface area contributed by atoms with Gasteiger partial charge in [0.05, 0.1) is 17.1 Å². The van der Waals surface area contributed by atoms with E-state index in [-0.39, 0.29) is 11.9 Å². The number of amides is 2. The van der Waals surface area contributed by atoms with E-state index in [1.807, 2.05) is 43.9 Å².